The monoisotopic (exact) mass is 173 g/mol. The van der Waals surface area contributed by atoms with Crippen molar-refractivity contribution in [3.63, 3.8) is 0 Å². The molecule has 0 aromatic heterocycles. The first-order chi connectivity index (χ1) is 5.52. The lowest BCUT2D eigenvalue weighted by atomic mass is 9.92. The summed E-state index contributed by atoms with van der Waals surface area (Å²) in [5.74, 6) is 0. The van der Waals surface area contributed by atoms with Crippen LogP contribution in [0.1, 0.15) is 12.8 Å². The maximum atomic E-state index is 10.1. The molecule has 0 aromatic carbocycles. The van der Waals surface area contributed by atoms with Crippen LogP contribution in [0, 0.1) is 16.7 Å². The second-order valence-electron chi connectivity index (χ2n) is 3.32. The van der Waals surface area contributed by atoms with E-state index in [1.807, 2.05) is 11.9 Å². The molecule has 1 N–H and O–H groups in total. The molecule has 0 saturated carbocycles. The van der Waals surface area contributed by atoms with Crippen molar-refractivity contribution in [1.29, 1.82) is 0 Å². The Hall–Kier alpha value is -0.810. The van der Waals surface area contributed by atoms with E-state index >= 15 is 0 Å². The first-order valence-corrected chi connectivity index (χ1v) is 3.92. The molecule has 1 fully saturated rings. The molecule has 1 heterocycles. The van der Waals surface area contributed by atoms with Crippen molar-refractivity contribution in [2.24, 2.45) is 0 Å². The van der Waals surface area contributed by atoms with Crippen LogP contribution in [0.5, 0.6) is 0 Å². The zero-order valence-electron chi connectivity index (χ0n) is 7.06. The van der Waals surface area contributed by atoms with E-state index in [0.717, 1.165) is 6.54 Å². The average Bonchev–Trinajstić information content (AvgIpc) is 1.94. The summed E-state index contributed by atoms with van der Waals surface area (Å²) in [5, 5.41) is 19.8. The highest BCUT2D eigenvalue weighted by molar-refractivity contribution is 4.90. The molecule has 70 valence electrons. The molecule has 5 nitrogen and oxygen atoms in total. The smallest absolute Gasteiger partial charge is 0.0203 e. The Morgan fingerprint density at radius 2 is 2.08 bits per heavy atom. The van der Waals surface area contributed by atoms with Crippen LogP contribution in [0.15, 0.2) is 0 Å². The third-order valence-corrected chi connectivity index (χ3v) is 2.20. The van der Waals surface area contributed by atoms with Crippen LogP contribution in [0.3, 0.4) is 0 Å². The molecule has 0 aliphatic carbocycles. The summed E-state index contributed by atoms with van der Waals surface area (Å²) < 4.78 is 0. The van der Waals surface area contributed by atoms with E-state index in [0.29, 0.717) is 25.9 Å². The van der Waals surface area contributed by atoms with Gasteiger partial charge in [0.25, 0.3) is 0 Å². The number of hydrogen-bond acceptors (Lipinski definition) is 4. The molecule has 0 atom stereocenters. The number of rotatable bonds is 2. The Balaban J connectivity index is 2.44. The number of nitro groups is 1. The maximum Gasteiger partial charge on any atom is 0.0203 e. The van der Waals surface area contributed by atoms with Gasteiger partial charge in [0.2, 0.25) is 0 Å². The molecule has 12 heavy (non-hydrogen) atoms. The standard InChI is InChI=1S/C7H13N2O3/c1-8-4-2-7(10,3-5-8)6-9(11)12/h6,10H,2-5H2,1H3/q-1. The highest BCUT2D eigenvalue weighted by Crippen LogP contribution is 2.23. The number of hydrogen-bond donors (Lipinski definition) is 1. The van der Waals surface area contributed by atoms with Crippen LogP contribution in [0.4, 0.5) is 0 Å². The average molecular weight is 173 g/mol. The molecule has 1 aliphatic rings. The summed E-state index contributed by atoms with van der Waals surface area (Å²) in [5.41, 5.74) is -1.18. The topological polar surface area (TPSA) is 66.6 Å². The third kappa shape index (κ3) is 2.35. The fourth-order valence-electron chi connectivity index (χ4n) is 1.33. The van der Waals surface area contributed by atoms with Crippen molar-refractivity contribution in [2.75, 3.05) is 20.1 Å². The molecule has 0 radical (unpaired) electrons. The molecule has 5 heteroatoms. The summed E-state index contributed by atoms with van der Waals surface area (Å²) in [6.45, 7) is 2.22. The summed E-state index contributed by atoms with van der Waals surface area (Å²) in [7, 11) is 1.94. The van der Waals surface area contributed by atoms with Gasteiger partial charge in [-0.3, -0.25) is 10.1 Å². The quantitative estimate of drug-likeness (QED) is 0.359. The van der Waals surface area contributed by atoms with Crippen LogP contribution in [-0.4, -0.2) is 40.7 Å². The minimum absolute atomic E-state index is 0.449. The van der Waals surface area contributed by atoms with Crippen molar-refractivity contribution in [3.05, 3.63) is 16.7 Å². The molecule has 1 saturated heterocycles. The van der Waals surface area contributed by atoms with Gasteiger partial charge in [0.15, 0.2) is 0 Å². The van der Waals surface area contributed by atoms with Gasteiger partial charge in [-0.25, -0.2) is 0 Å². The molecular formula is C7H13N2O3-. The number of aliphatic hydroxyl groups is 1. The van der Waals surface area contributed by atoms with E-state index in [1.54, 1.807) is 0 Å². The predicted octanol–water partition coefficient (Wildman–Crippen LogP) is -0.118. The van der Waals surface area contributed by atoms with Crippen molar-refractivity contribution >= 4 is 0 Å². The fraction of sp³-hybridized carbons (Fsp3) is 0.857. The zero-order chi connectivity index (χ0) is 9.19. The van der Waals surface area contributed by atoms with Crippen LogP contribution in [0.2, 0.25) is 0 Å². The predicted molar refractivity (Wildman–Crippen MR) is 43.0 cm³/mol. The van der Waals surface area contributed by atoms with Crippen LogP contribution >= 0.6 is 0 Å². The minimum Gasteiger partial charge on any atom is -0.413 e. The van der Waals surface area contributed by atoms with Crippen molar-refractivity contribution < 1.29 is 10.0 Å². The van der Waals surface area contributed by atoms with Gasteiger partial charge in [-0.2, -0.15) is 0 Å². The Kier molecular flexibility index (Phi) is 2.54. The second-order valence-corrected chi connectivity index (χ2v) is 3.32. The SMILES string of the molecule is CN1CCC(O)([CH-][N+](=O)[O-])CC1. The van der Waals surface area contributed by atoms with E-state index in [1.165, 1.54) is 0 Å². The van der Waals surface area contributed by atoms with Crippen molar-refractivity contribution in [2.45, 2.75) is 18.4 Å². The molecule has 0 unspecified atom stereocenters. The number of piperidine rings is 1. The van der Waals surface area contributed by atoms with E-state index in [-0.39, 0.29) is 0 Å². The van der Waals surface area contributed by atoms with Crippen molar-refractivity contribution in [3.8, 4) is 0 Å². The molecule has 0 amide bonds. The van der Waals surface area contributed by atoms with E-state index < -0.39 is 10.5 Å². The van der Waals surface area contributed by atoms with Gasteiger partial charge in [0, 0.05) is 5.60 Å². The highest BCUT2D eigenvalue weighted by atomic mass is 16.6. The van der Waals surface area contributed by atoms with Gasteiger partial charge >= 0.3 is 0 Å². The second kappa shape index (κ2) is 3.28. The highest BCUT2D eigenvalue weighted by Gasteiger charge is 2.27. The maximum absolute atomic E-state index is 10.1. The molecular weight excluding hydrogens is 160 g/mol. The number of nitrogens with zero attached hydrogens (tertiary/aromatic N) is 2. The number of likely N-dealkylation sites (tertiary alicyclic amines) is 1. The summed E-state index contributed by atoms with van der Waals surface area (Å²) in [6.07, 6.45) is 0.898. The molecule has 0 aromatic rings. The normalized spacial score (nSPS) is 23.5. The van der Waals surface area contributed by atoms with Gasteiger partial charge in [0.05, 0.1) is 0 Å². The van der Waals surface area contributed by atoms with Gasteiger partial charge < -0.3 is 10.0 Å². The zero-order valence-corrected chi connectivity index (χ0v) is 7.06. The lowest BCUT2D eigenvalue weighted by Gasteiger charge is -2.39. The first kappa shape index (κ1) is 9.28. The Morgan fingerprint density at radius 1 is 1.58 bits per heavy atom. The Morgan fingerprint density at radius 3 is 2.50 bits per heavy atom. The van der Waals surface area contributed by atoms with E-state index in [2.05, 4.69) is 0 Å². The van der Waals surface area contributed by atoms with Crippen LogP contribution in [0.25, 0.3) is 0 Å². The first-order valence-electron chi connectivity index (χ1n) is 3.92. The van der Waals surface area contributed by atoms with Gasteiger partial charge in [-0.15, -0.1) is 4.92 Å². The largest absolute Gasteiger partial charge is 0.413 e. The van der Waals surface area contributed by atoms with E-state index in [4.69, 9.17) is 0 Å². The molecule has 0 bridgehead atoms. The lowest BCUT2D eigenvalue weighted by molar-refractivity contribution is -0.456. The van der Waals surface area contributed by atoms with Crippen molar-refractivity contribution in [1.82, 2.24) is 4.90 Å². The minimum atomic E-state index is -1.18. The van der Waals surface area contributed by atoms with Crippen LogP contribution < -0.4 is 0 Å². The fourth-order valence-corrected chi connectivity index (χ4v) is 1.33. The van der Waals surface area contributed by atoms with Crippen LogP contribution in [-0.2, 0) is 0 Å². The van der Waals surface area contributed by atoms with E-state index in [9.17, 15) is 15.2 Å². The molecule has 0 spiro atoms. The summed E-state index contributed by atoms with van der Waals surface area (Å²) in [6, 6.07) is 0. The summed E-state index contributed by atoms with van der Waals surface area (Å²) in [4.78, 5) is 11.6. The van der Waals surface area contributed by atoms with Gasteiger partial charge in [-0.1, -0.05) is 0 Å². The molecule has 1 rings (SSSR count). The Labute approximate surface area is 71.1 Å². The van der Waals surface area contributed by atoms with Gasteiger partial charge in [0.1, 0.15) is 0 Å². The Bertz CT molecular complexity index is 175. The summed E-state index contributed by atoms with van der Waals surface area (Å²) >= 11 is 0. The lowest BCUT2D eigenvalue weighted by Crippen LogP contribution is -2.44. The third-order valence-electron chi connectivity index (χ3n) is 2.20. The van der Waals surface area contributed by atoms with Gasteiger partial charge in [-0.05, 0) is 39.5 Å². The molecule has 1 aliphatic heterocycles.